The van der Waals surface area contributed by atoms with E-state index in [0.717, 1.165) is 4.47 Å². The molecule has 1 aromatic rings. The monoisotopic (exact) mass is 314 g/mol. The van der Waals surface area contributed by atoms with E-state index in [-0.39, 0.29) is 31.5 Å². The van der Waals surface area contributed by atoms with Crippen LogP contribution in [0.1, 0.15) is 10.4 Å². The Bertz CT molecular complexity index is 420. The van der Waals surface area contributed by atoms with Gasteiger partial charge >= 0.3 is 0 Å². The predicted molar refractivity (Wildman–Crippen MR) is 71.2 cm³/mol. The highest BCUT2D eigenvalue weighted by Crippen LogP contribution is 2.10. The van der Waals surface area contributed by atoms with E-state index in [1.165, 1.54) is 4.90 Å². The number of nitrogens with zero attached hydrogens (tertiary/aromatic N) is 1. The second kappa shape index (κ2) is 7.13. The van der Waals surface area contributed by atoms with Crippen molar-refractivity contribution in [1.82, 2.24) is 10.2 Å². The van der Waals surface area contributed by atoms with Crippen LogP contribution in [0.15, 0.2) is 28.7 Å². The SMILES string of the molecule is CN(CCO)C(=O)CNC(=O)c1ccc(Br)cc1. The van der Waals surface area contributed by atoms with Crippen LogP contribution in [0.3, 0.4) is 0 Å². The molecule has 2 N–H and O–H groups in total. The number of carbonyl (C=O) groups is 2. The van der Waals surface area contributed by atoms with Crippen LogP contribution in [0.4, 0.5) is 0 Å². The van der Waals surface area contributed by atoms with Crippen LogP contribution < -0.4 is 5.32 Å². The number of benzene rings is 1. The van der Waals surface area contributed by atoms with Crippen molar-refractivity contribution in [3.8, 4) is 0 Å². The maximum Gasteiger partial charge on any atom is 0.251 e. The molecule has 0 spiro atoms. The van der Waals surface area contributed by atoms with Crippen molar-refractivity contribution < 1.29 is 14.7 Å². The summed E-state index contributed by atoms with van der Waals surface area (Å²) >= 11 is 3.28. The van der Waals surface area contributed by atoms with Gasteiger partial charge in [-0.15, -0.1) is 0 Å². The lowest BCUT2D eigenvalue weighted by Crippen LogP contribution is -2.39. The van der Waals surface area contributed by atoms with Gasteiger partial charge in [0, 0.05) is 23.6 Å². The smallest absolute Gasteiger partial charge is 0.251 e. The van der Waals surface area contributed by atoms with Gasteiger partial charge in [0.2, 0.25) is 5.91 Å². The number of amides is 2. The van der Waals surface area contributed by atoms with Crippen LogP contribution in [-0.4, -0.2) is 48.6 Å². The minimum absolute atomic E-state index is 0.0780. The predicted octanol–water partition coefficient (Wildman–Crippen LogP) is 0.630. The molecule has 0 bridgehead atoms. The molecule has 6 heteroatoms. The molecule has 0 aliphatic carbocycles. The summed E-state index contributed by atoms with van der Waals surface area (Å²) in [5.74, 6) is -0.539. The fourth-order valence-corrected chi connectivity index (χ4v) is 1.53. The van der Waals surface area contributed by atoms with Crippen LogP contribution in [0, 0.1) is 0 Å². The van der Waals surface area contributed by atoms with Gasteiger partial charge < -0.3 is 15.3 Å². The second-order valence-electron chi connectivity index (χ2n) is 3.73. The Morgan fingerprint density at radius 1 is 1.33 bits per heavy atom. The highest BCUT2D eigenvalue weighted by Gasteiger charge is 2.10. The fraction of sp³-hybridized carbons (Fsp3) is 0.333. The minimum Gasteiger partial charge on any atom is -0.395 e. The number of likely N-dealkylation sites (N-methyl/N-ethyl adjacent to an activating group) is 1. The fourth-order valence-electron chi connectivity index (χ4n) is 1.27. The third-order valence-corrected chi connectivity index (χ3v) is 2.90. The van der Waals surface area contributed by atoms with E-state index in [9.17, 15) is 9.59 Å². The summed E-state index contributed by atoms with van der Waals surface area (Å²) in [6.45, 7) is 0.0846. The molecule has 18 heavy (non-hydrogen) atoms. The maximum atomic E-state index is 11.7. The van der Waals surface area contributed by atoms with E-state index in [0.29, 0.717) is 5.56 Å². The summed E-state index contributed by atoms with van der Waals surface area (Å²) in [6, 6.07) is 6.85. The molecule has 0 aliphatic heterocycles. The van der Waals surface area contributed by atoms with E-state index in [1.54, 1.807) is 31.3 Å². The van der Waals surface area contributed by atoms with Gasteiger partial charge in [-0.1, -0.05) is 15.9 Å². The summed E-state index contributed by atoms with van der Waals surface area (Å²) in [5, 5.41) is 11.2. The van der Waals surface area contributed by atoms with Gasteiger partial charge in [-0.25, -0.2) is 0 Å². The molecular formula is C12H15BrN2O3. The van der Waals surface area contributed by atoms with Crippen molar-refractivity contribution >= 4 is 27.7 Å². The standard InChI is InChI=1S/C12H15BrN2O3/c1-15(6-7-16)11(17)8-14-12(18)9-2-4-10(13)5-3-9/h2-5,16H,6-8H2,1H3,(H,14,18). The number of hydrogen-bond donors (Lipinski definition) is 2. The van der Waals surface area contributed by atoms with Crippen molar-refractivity contribution in [2.24, 2.45) is 0 Å². The van der Waals surface area contributed by atoms with Crippen molar-refractivity contribution in [3.05, 3.63) is 34.3 Å². The summed E-state index contributed by atoms with van der Waals surface area (Å²) in [4.78, 5) is 24.6. The molecule has 5 nitrogen and oxygen atoms in total. The van der Waals surface area contributed by atoms with Crippen LogP contribution >= 0.6 is 15.9 Å². The third-order valence-electron chi connectivity index (χ3n) is 2.37. The van der Waals surface area contributed by atoms with Gasteiger partial charge in [-0.2, -0.15) is 0 Å². The Morgan fingerprint density at radius 3 is 2.50 bits per heavy atom. The summed E-state index contributed by atoms with van der Waals surface area (Å²) in [6.07, 6.45) is 0. The molecule has 0 aliphatic rings. The van der Waals surface area contributed by atoms with Gasteiger partial charge in [-0.3, -0.25) is 9.59 Å². The van der Waals surface area contributed by atoms with Gasteiger partial charge in [0.1, 0.15) is 0 Å². The molecular weight excluding hydrogens is 300 g/mol. The largest absolute Gasteiger partial charge is 0.395 e. The Kier molecular flexibility index (Phi) is 5.80. The lowest BCUT2D eigenvalue weighted by molar-refractivity contribution is -0.129. The number of hydrogen-bond acceptors (Lipinski definition) is 3. The highest BCUT2D eigenvalue weighted by atomic mass is 79.9. The molecule has 0 aromatic heterocycles. The van der Waals surface area contributed by atoms with Crippen molar-refractivity contribution in [2.45, 2.75) is 0 Å². The zero-order chi connectivity index (χ0) is 13.5. The Labute approximate surface area is 114 Å². The van der Waals surface area contributed by atoms with Gasteiger partial charge in [0.15, 0.2) is 0 Å². The van der Waals surface area contributed by atoms with Crippen LogP contribution in [0.5, 0.6) is 0 Å². The third kappa shape index (κ3) is 4.46. The molecule has 1 aromatic carbocycles. The first-order valence-electron chi connectivity index (χ1n) is 5.43. The number of rotatable bonds is 5. The molecule has 0 heterocycles. The first-order valence-corrected chi connectivity index (χ1v) is 6.22. The van der Waals surface area contributed by atoms with E-state index >= 15 is 0 Å². The molecule has 0 saturated carbocycles. The van der Waals surface area contributed by atoms with Crippen molar-refractivity contribution in [3.63, 3.8) is 0 Å². The Morgan fingerprint density at radius 2 is 1.94 bits per heavy atom. The van der Waals surface area contributed by atoms with E-state index in [4.69, 9.17) is 5.11 Å². The summed E-state index contributed by atoms with van der Waals surface area (Å²) in [5.41, 5.74) is 0.496. The van der Waals surface area contributed by atoms with E-state index in [1.807, 2.05) is 0 Å². The van der Waals surface area contributed by atoms with Crippen molar-refractivity contribution in [1.29, 1.82) is 0 Å². The average molecular weight is 315 g/mol. The van der Waals surface area contributed by atoms with Crippen LogP contribution in [-0.2, 0) is 4.79 Å². The van der Waals surface area contributed by atoms with Crippen LogP contribution in [0.25, 0.3) is 0 Å². The molecule has 0 saturated heterocycles. The Balaban J connectivity index is 2.46. The zero-order valence-electron chi connectivity index (χ0n) is 10.0. The topological polar surface area (TPSA) is 69.6 Å². The number of aliphatic hydroxyl groups excluding tert-OH is 1. The van der Waals surface area contributed by atoms with E-state index in [2.05, 4.69) is 21.2 Å². The molecule has 1 rings (SSSR count). The first-order chi connectivity index (χ1) is 8.54. The van der Waals surface area contributed by atoms with Crippen molar-refractivity contribution in [2.75, 3.05) is 26.7 Å². The number of nitrogens with one attached hydrogen (secondary N) is 1. The lowest BCUT2D eigenvalue weighted by atomic mass is 10.2. The maximum absolute atomic E-state index is 11.7. The molecule has 0 unspecified atom stereocenters. The lowest BCUT2D eigenvalue weighted by Gasteiger charge is -2.15. The molecule has 0 radical (unpaired) electrons. The number of aliphatic hydroxyl groups is 1. The van der Waals surface area contributed by atoms with Gasteiger partial charge in [0.05, 0.1) is 13.2 Å². The van der Waals surface area contributed by atoms with Crippen LogP contribution in [0.2, 0.25) is 0 Å². The first kappa shape index (κ1) is 14.7. The molecule has 0 fully saturated rings. The van der Waals surface area contributed by atoms with E-state index < -0.39 is 0 Å². The zero-order valence-corrected chi connectivity index (χ0v) is 11.6. The molecule has 0 atom stereocenters. The Hall–Kier alpha value is -1.40. The quantitative estimate of drug-likeness (QED) is 0.837. The number of halogens is 1. The van der Waals surface area contributed by atoms with Gasteiger partial charge in [-0.05, 0) is 24.3 Å². The number of carbonyl (C=O) groups excluding carboxylic acids is 2. The summed E-state index contributed by atoms with van der Waals surface area (Å²) in [7, 11) is 1.57. The average Bonchev–Trinajstić information content (AvgIpc) is 2.36. The van der Waals surface area contributed by atoms with Gasteiger partial charge in [0.25, 0.3) is 5.91 Å². The molecule has 98 valence electrons. The second-order valence-corrected chi connectivity index (χ2v) is 4.64. The highest BCUT2D eigenvalue weighted by molar-refractivity contribution is 9.10. The minimum atomic E-state index is -0.298. The summed E-state index contributed by atoms with van der Waals surface area (Å²) < 4.78 is 0.887. The molecule has 2 amide bonds. The normalized spacial score (nSPS) is 9.94.